The Morgan fingerprint density at radius 1 is 1.00 bits per heavy atom. The summed E-state index contributed by atoms with van der Waals surface area (Å²) < 4.78 is 4.73. The summed E-state index contributed by atoms with van der Waals surface area (Å²) in [5.41, 5.74) is 5.98. The van der Waals surface area contributed by atoms with Gasteiger partial charge < -0.3 is 15.8 Å². The topological polar surface area (TPSA) is 81.4 Å². The smallest absolute Gasteiger partial charge is 0.409 e. The average Bonchev–Trinajstić information content (AvgIpc) is 2.39. The Labute approximate surface area is 110 Å². The molecule has 0 bridgehead atoms. The van der Waals surface area contributed by atoms with Crippen LogP contribution in [0.25, 0.3) is 0 Å². The summed E-state index contributed by atoms with van der Waals surface area (Å²) in [4.78, 5) is 22.5. The standard InChI is InChI=1S/C14H12N2O3/c15-14(18)19-12-8-4-7-11(9-12)16-13(17)10-5-2-1-3-6-10/h1-9H,(H2,15,18)(H,16,17). The Morgan fingerprint density at radius 2 is 1.74 bits per heavy atom. The van der Waals surface area contributed by atoms with Crippen molar-refractivity contribution in [1.82, 2.24) is 0 Å². The molecule has 0 fully saturated rings. The highest BCUT2D eigenvalue weighted by atomic mass is 16.5. The summed E-state index contributed by atoms with van der Waals surface area (Å²) >= 11 is 0. The molecular formula is C14H12N2O3. The van der Waals surface area contributed by atoms with E-state index in [1.807, 2.05) is 6.07 Å². The predicted octanol–water partition coefficient (Wildman–Crippen LogP) is 2.40. The lowest BCUT2D eigenvalue weighted by Crippen LogP contribution is -2.16. The van der Waals surface area contributed by atoms with Crippen LogP contribution in [-0.2, 0) is 0 Å². The maximum Gasteiger partial charge on any atom is 0.409 e. The van der Waals surface area contributed by atoms with Crippen LogP contribution in [0.1, 0.15) is 10.4 Å². The van der Waals surface area contributed by atoms with Gasteiger partial charge in [0.25, 0.3) is 5.91 Å². The van der Waals surface area contributed by atoms with Crippen LogP contribution >= 0.6 is 0 Å². The molecule has 3 N–H and O–H groups in total. The Kier molecular flexibility index (Phi) is 3.78. The number of rotatable bonds is 3. The van der Waals surface area contributed by atoms with Gasteiger partial charge in [0.2, 0.25) is 0 Å². The SMILES string of the molecule is NC(=O)Oc1cccc(NC(=O)c2ccccc2)c1. The summed E-state index contributed by atoms with van der Waals surface area (Å²) in [6, 6.07) is 15.2. The highest BCUT2D eigenvalue weighted by molar-refractivity contribution is 6.04. The van der Waals surface area contributed by atoms with Gasteiger partial charge in [-0.15, -0.1) is 0 Å². The van der Waals surface area contributed by atoms with Crippen LogP contribution in [-0.4, -0.2) is 12.0 Å². The fraction of sp³-hybridized carbons (Fsp3) is 0. The number of nitrogens with two attached hydrogens (primary N) is 1. The molecule has 0 atom stereocenters. The minimum absolute atomic E-state index is 0.239. The van der Waals surface area contributed by atoms with E-state index in [0.29, 0.717) is 11.3 Å². The molecule has 0 aliphatic heterocycles. The Balaban J connectivity index is 2.11. The fourth-order valence-corrected chi connectivity index (χ4v) is 1.55. The first-order chi connectivity index (χ1) is 9.15. The molecule has 96 valence electrons. The van der Waals surface area contributed by atoms with Gasteiger partial charge in [-0.05, 0) is 24.3 Å². The van der Waals surface area contributed by atoms with Crippen LogP contribution < -0.4 is 15.8 Å². The van der Waals surface area contributed by atoms with E-state index in [1.54, 1.807) is 42.5 Å². The van der Waals surface area contributed by atoms with Crippen molar-refractivity contribution in [1.29, 1.82) is 0 Å². The van der Waals surface area contributed by atoms with Crippen molar-refractivity contribution in [3.05, 3.63) is 60.2 Å². The maximum atomic E-state index is 11.9. The predicted molar refractivity (Wildman–Crippen MR) is 71.0 cm³/mol. The lowest BCUT2D eigenvalue weighted by molar-refractivity contribution is 0.102. The molecule has 0 heterocycles. The number of amides is 2. The van der Waals surface area contributed by atoms with Crippen LogP contribution in [0.4, 0.5) is 10.5 Å². The summed E-state index contributed by atoms with van der Waals surface area (Å²) in [7, 11) is 0. The van der Waals surface area contributed by atoms with Gasteiger partial charge in [-0.3, -0.25) is 4.79 Å². The van der Waals surface area contributed by atoms with Gasteiger partial charge in [0.15, 0.2) is 0 Å². The molecule has 2 aromatic rings. The van der Waals surface area contributed by atoms with E-state index in [-0.39, 0.29) is 11.7 Å². The molecule has 0 unspecified atom stereocenters. The van der Waals surface area contributed by atoms with E-state index in [4.69, 9.17) is 10.5 Å². The zero-order valence-corrected chi connectivity index (χ0v) is 10.00. The number of hydrogen-bond acceptors (Lipinski definition) is 3. The van der Waals surface area contributed by atoms with Crippen LogP contribution in [0.2, 0.25) is 0 Å². The van der Waals surface area contributed by atoms with E-state index < -0.39 is 6.09 Å². The van der Waals surface area contributed by atoms with Crippen molar-refractivity contribution in [3.63, 3.8) is 0 Å². The van der Waals surface area contributed by atoms with Crippen LogP contribution in [0.3, 0.4) is 0 Å². The second-order valence-electron chi connectivity index (χ2n) is 3.77. The number of hydrogen-bond donors (Lipinski definition) is 2. The fourth-order valence-electron chi connectivity index (χ4n) is 1.55. The molecule has 0 aliphatic rings. The van der Waals surface area contributed by atoms with Crippen LogP contribution in [0.5, 0.6) is 5.75 Å². The molecule has 0 saturated heterocycles. The van der Waals surface area contributed by atoms with E-state index in [1.165, 1.54) is 6.07 Å². The zero-order chi connectivity index (χ0) is 13.7. The largest absolute Gasteiger partial charge is 0.410 e. The minimum Gasteiger partial charge on any atom is -0.410 e. The number of primary amides is 1. The number of anilines is 1. The van der Waals surface area contributed by atoms with Gasteiger partial charge in [-0.2, -0.15) is 0 Å². The first kappa shape index (κ1) is 12.6. The summed E-state index contributed by atoms with van der Waals surface area (Å²) in [5, 5.41) is 2.70. The number of ether oxygens (including phenoxy) is 1. The highest BCUT2D eigenvalue weighted by Crippen LogP contribution is 2.18. The molecule has 0 spiro atoms. The Morgan fingerprint density at radius 3 is 2.42 bits per heavy atom. The van der Waals surface area contributed by atoms with Crippen molar-refractivity contribution in [3.8, 4) is 5.75 Å². The number of carbonyl (C=O) groups excluding carboxylic acids is 2. The second kappa shape index (κ2) is 5.68. The Bertz CT molecular complexity index is 597. The summed E-state index contributed by atoms with van der Waals surface area (Å²) in [5.74, 6) is 0.0372. The van der Waals surface area contributed by atoms with Crippen molar-refractivity contribution < 1.29 is 14.3 Å². The normalized spacial score (nSPS) is 9.68. The van der Waals surface area contributed by atoms with E-state index in [0.717, 1.165) is 0 Å². The van der Waals surface area contributed by atoms with Crippen LogP contribution in [0, 0.1) is 0 Å². The molecule has 0 saturated carbocycles. The van der Waals surface area contributed by atoms with E-state index in [2.05, 4.69) is 5.32 Å². The molecule has 2 aromatic carbocycles. The van der Waals surface area contributed by atoms with E-state index in [9.17, 15) is 9.59 Å². The summed E-state index contributed by atoms with van der Waals surface area (Å²) in [6.07, 6.45) is -0.897. The monoisotopic (exact) mass is 256 g/mol. The number of carbonyl (C=O) groups is 2. The minimum atomic E-state index is -0.897. The van der Waals surface area contributed by atoms with Crippen molar-refractivity contribution in [2.75, 3.05) is 5.32 Å². The van der Waals surface area contributed by atoms with Gasteiger partial charge in [0, 0.05) is 17.3 Å². The van der Waals surface area contributed by atoms with E-state index >= 15 is 0 Å². The molecule has 19 heavy (non-hydrogen) atoms. The van der Waals surface area contributed by atoms with Gasteiger partial charge in [-0.25, -0.2) is 4.79 Å². The first-order valence-electron chi connectivity index (χ1n) is 5.59. The lowest BCUT2D eigenvalue weighted by Gasteiger charge is -2.07. The molecule has 0 radical (unpaired) electrons. The lowest BCUT2D eigenvalue weighted by atomic mass is 10.2. The third-order valence-corrected chi connectivity index (χ3v) is 2.35. The number of benzene rings is 2. The zero-order valence-electron chi connectivity index (χ0n) is 10.00. The van der Waals surface area contributed by atoms with Gasteiger partial charge in [0.05, 0.1) is 0 Å². The molecule has 2 amide bonds. The van der Waals surface area contributed by atoms with Crippen LogP contribution in [0.15, 0.2) is 54.6 Å². The Hall–Kier alpha value is -2.82. The quantitative estimate of drug-likeness (QED) is 0.884. The third kappa shape index (κ3) is 3.57. The molecule has 5 nitrogen and oxygen atoms in total. The molecule has 0 aliphatic carbocycles. The van der Waals surface area contributed by atoms with Crippen molar-refractivity contribution in [2.24, 2.45) is 5.73 Å². The highest BCUT2D eigenvalue weighted by Gasteiger charge is 2.06. The van der Waals surface area contributed by atoms with Gasteiger partial charge in [-0.1, -0.05) is 24.3 Å². The van der Waals surface area contributed by atoms with Crippen molar-refractivity contribution in [2.45, 2.75) is 0 Å². The maximum absolute atomic E-state index is 11.9. The molecule has 0 aromatic heterocycles. The third-order valence-electron chi connectivity index (χ3n) is 2.35. The molecule has 2 rings (SSSR count). The second-order valence-corrected chi connectivity index (χ2v) is 3.77. The average molecular weight is 256 g/mol. The molecular weight excluding hydrogens is 244 g/mol. The summed E-state index contributed by atoms with van der Waals surface area (Å²) in [6.45, 7) is 0. The first-order valence-corrected chi connectivity index (χ1v) is 5.59. The van der Waals surface area contributed by atoms with Crippen molar-refractivity contribution >= 4 is 17.7 Å². The number of nitrogens with one attached hydrogen (secondary N) is 1. The van der Waals surface area contributed by atoms with Gasteiger partial charge >= 0.3 is 6.09 Å². The molecule has 5 heteroatoms. The van der Waals surface area contributed by atoms with Gasteiger partial charge in [0.1, 0.15) is 5.75 Å².